The van der Waals surface area contributed by atoms with Gasteiger partial charge in [-0.25, -0.2) is 13.2 Å². The van der Waals surface area contributed by atoms with E-state index in [1.165, 1.54) is 0 Å². The monoisotopic (exact) mass is 218 g/mol. The maximum atomic E-state index is 12.9. The van der Waals surface area contributed by atoms with Crippen LogP contribution in [0.15, 0.2) is 18.2 Å². The number of hydrogen-bond acceptors (Lipinski definition) is 0. The minimum absolute atomic E-state index is 0.0867. The highest BCUT2D eigenvalue weighted by Gasteiger charge is 2.26. The second kappa shape index (κ2) is 5.79. The molecule has 0 nitrogen and oxygen atoms in total. The summed E-state index contributed by atoms with van der Waals surface area (Å²) in [5.41, 5.74) is 0.281. The molecule has 0 radical (unpaired) electrons. The van der Waals surface area contributed by atoms with Crippen LogP contribution in [0.25, 0.3) is 0 Å². The lowest BCUT2D eigenvalue weighted by molar-refractivity contribution is 0.0165. The van der Waals surface area contributed by atoms with Crippen molar-refractivity contribution in [3.05, 3.63) is 35.1 Å². The van der Waals surface area contributed by atoms with Crippen LogP contribution in [0.2, 0.25) is 0 Å². The van der Waals surface area contributed by atoms with E-state index < -0.39 is 11.7 Å². The van der Waals surface area contributed by atoms with Gasteiger partial charge in [-0.3, -0.25) is 0 Å². The first-order chi connectivity index (χ1) is 6.95. The van der Waals surface area contributed by atoms with E-state index in [1.54, 1.807) is 6.92 Å². The van der Waals surface area contributed by atoms with E-state index in [-0.39, 0.29) is 5.56 Å². The largest absolute Gasteiger partial charge is 0.270 e. The van der Waals surface area contributed by atoms with Crippen molar-refractivity contribution in [3.63, 3.8) is 0 Å². The molecule has 0 aliphatic heterocycles. The van der Waals surface area contributed by atoms with Gasteiger partial charge < -0.3 is 0 Å². The molecule has 0 N–H and O–H groups in total. The molecule has 1 aromatic carbocycles. The van der Waals surface area contributed by atoms with Gasteiger partial charge in [-0.1, -0.05) is 20.8 Å². The highest BCUT2D eigenvalue weighted by Crippen LogP contribution is 2.30. The lowest BCUT2D eigenvalue weighted by atomic mass is 10.0. The maximum Gasteiger partial charge on any atom is 0.270 e. The van der Waals surface area contributed by atoms with Gasteiger partial charge in [-0.05, 0) is 30.2 Å². The van der Waals surface area contributed by atoms with Crippen molar-refractivity contribution in [1.82, 2.24) is 0 Å². The number of hydrogen-bond donors (Lipinski definition) is 0. The van der Waals surface area contributed by atoms with Crippen LogP contribution in [0, 0.1) is 5.82 Å². The summed E-state index contributed by atoms with van der Waals surface area (Å²) in [6.07, 6.45) is 0.413. The molecule has 0 bridgehead atoms. The summed E-state index contributed by atoms with van der Waals surface area (Å²) in [5, 5.41) is 0. The fourth-order valence-electron chi connectivity index (χ4n) is 1.28. The van der Waals surface area contributed by atoms with E-state index in [0.29, 0.717) is 12.0 Å². The summed E-state index contributed by atoms with van der Waals surface area (Å²) in [6.45, 7) is 6.55. The van der Waals surface area contributed by atoms with Crippen LogP contribution in [0.1, 0.15) is 38.8 Å². The van der Waals surface area contributed by atoms with Gasteiger partial charge in [0.2, 0.25) is 0 Å². The Morgan fingerprint density at radius 2 is 1.73 bits per heavy atom. The Morgan fingerprint density at radius 1 is 1.20 bits per heavy atom. The molecule has 0 saturated heterocycles. The first-order valence-electron chi connectivity index (χ1n) is 5.12. The lowest BCUT2D eigenvalue weighted by Crippen LogP contribution is -2.10. The standard InChI is InChI=1S/C10H11F3.C2H6/c1-3-7-6-8(11)4-5-9(7)10(2,12)13;1-2/h4-6H,3H2,1-2H3;1-2H3. The molecular weight excluding hydrogens is 201 g/mol. The van der Waals surface area contributed by atoms with Gasteiger partial charge in [0.25, 0.3) is 5.92 Å². The summed E-state index contributed by atoms with van der Waals surface area (Å²) < 4.78 is 38.5. The predicted molar refractivity (Wildman–Crippen MR) is 56.7 cm³/mol. The Morgan fingerprint density at radius 3 is 2.13 bits per heavy atom. The molecule has 0 heterocycles. The Kier molecular flexibility index (Phi) is 5.40. The van der Waals surface area contributed by atoms with E-state index in [0.717, 1.165) is 25.1 Å². The Labute approximate surface area is 89.1 Å². The molecule has 0 spiro atoms. The Bertz CT molecular complexity index is 300. The highest BCUT2D eigenvalue weighted by atomic mass is 19.3. The molecule has 3 heteroatoms. The van der Waals surface area contributed by atoms with Crippen molar-refractivity contribution in [3.8, 4) is 0 Å². The predicted octanol–water partition coefficient (Wildman–Crippen LogP) is 4.53. The first kappa shape index (κ1) is 14.0. The molecule has 86 valence electrons. The van der Waals surface area contributed by atoms with Crippen LogP contribution in [-0.4, -0.2) is 0 Å². The first-order valence-corrected chi connectivity index (χ1v) is 5.12. The normalized spacial score (nSPS) is 10.6. The molecule has 15 heavy (non-hydrogen) atoms. The van der Waals surface area contributed by atoms with Crippen LogP contribution >= 0.6 is 0 Å². The zero-order valence-electron chi connectivity index (χ0n) is 9.57. The molecule has 0 fully saturated rings. The van der Waals surface area contributed by atoms with Gasteiger partial charge in [0.15, 0.2) is 0 Å². The smallest absolute Gasteiger partial charge is 0.207 e. The summed E-state index contributed by atoms with van der Waals surface area (Å²) >= 11 is 0. The quantitative estimate of drug-likeness (QED) is 0.684. The summed E-state index contributed by atoms with van der Waals surface area (Å²) in [6, 6.07) is 3.37. The fourth-order valence-corrected chi connectivity index (χ4v) is 1.28. The van der Waals surface area contributed by atoms with Gasteiger partial charge in [-0.15, -0.1) is 0 Å². The summed E-state index contributed by atoms with van der Waals surface area (Å²) in [5.74, 6) is -3.36. The molecule has 0 unspecified atom stereocenters. The third kappa shape index (κ3) is 3.94. The van der Waals surface area contributed by atoms with Crippen LogP contribution in [0.5, 0.6) is 0 Å². The number of rotatable bonds is 2. The maximum absolute atomic E-state index is 12.9. The molecule has 1 rings (SSSR count). The summed E-state index contributed by atoms with van der Waals surface area (Å²) in [7, 11) is 0. The van der Waals surface area contributed by atoms with Crippen molar-refractivity contribution in [1.29, 1.82) is 0 Å². The number of halogens is 3. The van der Waals surface area contributed by atoms with Crippen LogP contribution in [0.3, 0.4) is 0 Å². The van der Waals surface area contributed by atoms with Crippen LogP contribution in [-0.2, 0) is 12.3 Å². The molecule has 0 aliphatic carbocycles. The van der Waals surface area contributed by atoms with Crippen molar-refractivity contribution in [2.45, 2.75) is 40.0 Å². The molecule has 0 saturated carbocycles. The zero-order chi connectivity index (χ0) is 12.1. The number of aryl methyl sites for hydroxylation is 1. The Balaban J connectivity index is 0.000000921. The lowest BCUT2D eigenvalue weighted by Gasteiger charge is -2.14. The second-order valence-electron chi connectivity index (χ2n) is 3.04. The van der Waals surface area contributed by atoms with E-state index in [1.807, 2.05) is 13.8 Å². The minimum Gasteiger partial charge on any atom is -0.207 e. The average Bonchev–Trinajstić information content (AvgIpc) is 2.18. The van der Waals surface area contributed by atoms with Crippen molar-refractivity contribution >= 4 is 0 Å². The van der Waals surface area contributed by atoms with Crippen molar-refractivity contribution in [2.24, 2.45) is 0 Å². The van der Waals surface area contributed by atoms with Gasteiger partial charge in [0, 0.05) is 12.5 Å². The third-order valence-electron chi connectivity index (χ3n) is 1.92. The van der Waals surface area contributed by atoms with Crippen molar-refractivity contribution in [2.75, 3.05) is 0 Å². The third-order valence-corrected chi connectivity index (χ3v) is 1.92. The SMILES string of the molecule is CC.CCc1cc(F)ccc1C(C)(F)F. The van der Waals surface area contributed by atoms with E-state index in [9.17, 15) is 13.2 Å². The molecule has 0 amide bonds. The molecule has 0 atom stereocenters. The van der Waals surface area contributed by atoms with Crippen molar-refractivity contribution < 1.29 is 13.2 Å². The highest BCUT2D eigenvalue weighted by molar-refractivity contribution is 5.31. The summed E-state index contributed by atoms with van der Waals surface area (Å²) in [4.78, 5) is 0. The van der Waals surface area contributed by atoms with Gasteiger partial charge in [-0.2, -0.15) is 0 Å². The minimum atomic E-state index is -2.89. The van der Waals surface area contributed by atoms with E-state index in [2.05, 4.69) is 0 Å². The van der Waals surface area contributed by atoms with Gasteiger partial charge in [0.05, 0.1) is 0 Å². The molecular formula is C12H17F3. The van der Waals surface area contributed by atoms with Crippen LogP contribution < -0.4 is 0 Å². The molecule has 1 aromatic rings. The van der Waals surface area contributed by atoms with E-state index >= 15 is 0 Å². The Hall–Kier alpha value is -0.990. The van der Waals surface area contributed by atoms with E-state index in [4.69, 9.17) is 0 Å². The zero-order valence-corrected chi connectivity index (χ0v) is 9.57. The van der Waals surface area contributed by atoms with Crippen LogP contribution in [0.4, 0.5) is 13.2 Å². The van der Waals surface area contributed by atoms with Gasteiger partial charge in [0.1, 0.15) is 5.82 Å². The fraction of sp³-hybridized carbons (Fsp3) is 0.500. The second-order valence-corrected chi connectivity index (χ2v) is 3.04. The molecule has 0 aromatic heterocycles. The van der Waals surface area contributed by atoms with Gasteiger partial charge >= 0.3 is 0 Å². The number of benzene rings is 1. The number of alkyl halides is 2. The molecule has 0 aliphatic rings. The average molecular weight is 218 g/mol. The topological polar surface area (TPSA) is 0 Å².